The van der Waals surface area contributed by atoms with Crippen molar-refractivity contribution in [2.45, 2.75) is 31.5 Å². The van der Waals surface area contributed by atoms with Crippen molar-refractivity contribution in [3.05, 3.63) is 56.1 Å². The van der Waals surface area contributed by atoms with Gasteiger partial charge in [0.1, 0.15) is 12.5 Å². The van der Waals surface area contributed by atoms with Gasteiger partial charge in [-0.05, 0) is 24.1 Å². The highest BCUT2D eigenvalue weighted by atomic mass is 16.7. The fraction of sp³-hybridized carbons (Fsp3) is 0.333. The maximum absolute atomic E-state index is 10.4. The Morgan fingerprint density at radius 1 is 1.18 bits per heavy atom. The number of nitro groups is 2. The maximum atomic E-state index is 10.4. The molecule has 0 aliphatic rings. The second kappa shape index (κ2) is 9.82. The molecule has 0 fully saturated rings. The van der Waals surface area contributed by atoms with Crippen LogP contribution in [0.15, 0.2) is 30.4 Å². The number of carbonyl (C=O) groups is 2. The van der Waals surface area contributed by atoms with Gasteiger partial charge in [-0.2, -0.15) is 0 Å². The SMILES string of the molecule is C=C(CC(C)([N+](=O)[O-])[N+](=O)[O-])C(=O)O.N[C@@H](Cc1ccc(O)c(O)c1)C(=O)O. The molecule has 0 amide bonds. The predicted molar refractivity (Wildman–Crippen MR) is 92.9 cm³/mol. The first-order valence-electron chi connectivity index (χ1n) is 7.41. The van der Waals surface area contributed by atoms with E-state index in [1.54, 1.807) is 0 Å². The van der Waals surface area contributed by atoms with Gasteiger partial charge in [0.15, 0.2) is 11.5 Å². The van der Waals surface area contributed by atoms with Crippen molar-refractivity contribution in [2.75, 3.05) is 0 Å². The highest BCUT2D eigenvalue weighted by molar-refractivity contribution is 5.85. The smallest absolute Gasteiger partial charge is 0.460 e. The first-order chi connectivity index (χ1) is 12.7. The first kappa shape index (κ1) is 24.3. The van der Waals surface area contributed by atoms with Crippen LogP contribution in [0.1, 0.15) is 18.9 Å². The zero-order chi connectivity index (χ0) is 22.2. The Hall–Kier alpha value is -3.74. The lowest BCUT2D eigenvalue weighted by molar-refractivity contribution is -0.791. The van der Waals surface area contributed by atoms with Crippen LogP contribution in [0.4, 0.5) is 0 Å². The summed E-state index contributed by atoms with van der Waals surface area (Å²) in [5, 5.41) is 55.7. The summed E-state index contributed by atoms with van der Waals surface area (Å²) in [5.41, 5.74) is 2.76. The molecule has 1 aromatic rings. The summed E-state index contributed by atoms with van der Waals surface area (Å²) in [6.45, 7) is 3.73. The fourth-order valence-electron chi connectivity index (χ4n) is 1.71. The highest BCUT2D eigenvalue weighted by Gasteiger charge is 2.51. The number of aromatic hydroxyl groups is 2. The quantitative estimate of drug-likeness (QED) is 0.131. The predicted octanol–water partition coefficient (Wildman–Crippen LogP) is 0.339. The van der Waals surface area contributed by atoms with Gasteiger partial charge >= 0.3 is 17.6 Å². The summed E-state index contributed by atoms with van der Waals surface area (Å²) < 4.78 is 0. The minimum atomic E-state index is -2.53. The summed E-state index contributed by atoms with van der Waals surface area (Å²) in [7, 11) is 0. The van der Waals surface area contributed by atoms with Gasteiger partial charge in [-0.25, -0.2) is 4.79 Å². The van der Waals surface area contributed by atoms with Crippen LogP contribution in [0.2, 0.25) is 0 Å². The molecule has 0 aromatic heterocycles. The van der Waals surface area contributed by atoms with E-state index in [1.165, 1.54) is 18.2 Å². The van der Waals surface area contributed by atoms with Crippen molar-refractivity contribution >= 4 is 11.9 Å². The number of carboxylic acid groups (broad SMARTS) is 2. The van der Waals surface area contributed by atoms with Crippen LogP contribution < -0.4 is 5.73 Å². The Kier molecular flexibility index (Phi) is 8.51. The third kappa shape index (κ3) is 6.87. The summed E-state index contributed by atoms with van der Waals surface area (Å²) in [4.78, 5) is 39.1. The standard InChI is InChI=1S/C9H11NO4.C6H8N2O6/c10-6(9(13)14)3-5-1-2-7(11)8(12)4-5;1-4(5(9)10)3-6(2,7(11)12)8(13)14/h1-2,4,6,11-12H,3,10H2,(H,13,14);1,3H2,2H3,(H,9,10)/t6-;/m0./s1. The Balaban J connectivity index is 0.000000521. The average Bonchev–Trinajstić information content (AvgIpc) is 2.57. The van der Waals surface area contributed by atoms with Crippen molar-refractivity contribution in [3.8, 4) is 11.5 Å². The number of phenolic OH excluding ortho intramolecular Hbond substituents is 2. The molecule has 0 bridgehead atoms. The number of hydrogen-bond donors (Lipinski definition) is 5. The largest absolute Gasteiger partial charge is 0.504 e. The van der Waals surface area contributed by atoms with Gasteiger partial charge in [-0.15, -0.1) is 0 Å². The summed E-state index contributed by atoms with van der Waals surface area (Å²) in [6.07, 6.45) is -0.717. The maximum Gasteiger partial charge on any atom is 0.460 e. The molecule has 0 spiro atoms. The van der Waals surface area contributed by atoms with E-state index in [0.717, 1.165) is 6.92 Å². The minimum absolute atomic E-state index is 0.114. The average molecular weight is 401 g/mol. The number of phenols is 2. The Morgan fingerprint density at radius 3 is 2.04 bits per heavy atom. The molecular formula is C15H19N3O10. The molecule has 0 saturated carbocycles. The van der Waals surface area contributed by atoms with E-state index in [9.17, 15) is 29.8 Å². The third-order valence-electron chi connectivity index (χ3n) is 3.45. The molecule has 154 valence electrons. The molecule has 0 heterocycles. The van der Waals surface area contributed by atoms with Gasteiger partial charge in [0.2, 0.25) is 0 Å². The van der Waals surface area contributed by atoms with Crippen LogP contribution in [0.5, 0.6) is 11.5 Å². The van der Waals surface area contributed by atoms with Crippen LogP contribution in [-0.4, -0.2) is 53.9 Å². The van der Waals surface area contributed by atoms with Gasteiger partial charge in [-0.3, -0.25) is 25.0 Å². The van der Waals surface area contributed by atoms with Crippen LogP contribution in [-0.2, 0) is 16.0 Å². The minimum Gasteiger partial charge on any atom is -0.504 e. The monoisotopic (exact) mass is 401 g/mol. The Bertz CT molecular complexity index is 778. The van der Waals surface area contributed by atoms with E-state index in [1.807, 2.05) is 0 Å². The van der Waals surface area contributed by atoms with E-state index in [-0.39, 0.29) is 17.9 Å². The lowest BCUT2D eigenvalue weighted by Crippen LogP contribution is -2.43. The van der Waals surface area contributed by atoms with Crippen molar-refractivity contribution in [3.63, 3.8) is 0 Å². The van der Waals surface area contributed by atoms with Crippen molar-refractivity contribution < 1.29 is 39.9 Å². The van der Waals surface area contributed by atoms with Gasteiger partial charge < -0.3 is 26.2 Å². The van der Waals surface area contributed by atoms with Gasteiger partial charge in [0.05, 0.1) is 16.8 Å². The number of nitrogens with two attached hydrogens (primary N) is 1. The first-order valence-corrected chi connectivity index (χ1v) is 7.41. The molecule has 0 aliphatic carbocycles. The second-order valence-corrected chi connectivity index (χ2v) is 5.79. The van der Waals surface area contributed by atoms with E-state index >= 15 is 0 Å². The van der Waals surface area contributed by atoms with E-state index in [0.29, 0.717) is 5.56 Å². The van der Waals surface area contributed by atoms with Gasteiger partial charge in [-0.1, -0.05) is 12.6 Å². The normalized spacial score (nSPS) is 11.5. The van der Waals surface area contributed by atoms with Crippen LogP contribution >= 0.6 is 0 Å². The molecule has 1 aromatic carbocycles. The molecular weight excluding hydrogens is 382 g/mol. The van der Waals surface area contributed by atoms with Crippen LogP contribution in [0, 0.1) is 20.2 Å². The van der Waals surface area contributed by atoms with Crippen molar-refractivity contribution in [1.29, 1.82) is 0 Å². The Labute approximate surface area is 157 Å². The zero-order valence-corrected chi connectivity index (χ0v) is 14.6. The molecule has 1 atom stereocenters. The molecule has 6 N–H and O–H groups in total. The highest BCUT2D eigenvalue weighted by Crippen LogP contribution is 2.25. The fourth-order valence-corrected chi connectivity index (χ4v) is 1.71. The second-order valence-electron chi connectivity index (χ2n) is 5.79. The van der Waals surface area contributed by atoms with Crippen LogP contribution in [0.25, 0.3) is 0 Å². The molecule has 1 rings (SSSR count). The molecule has 13 nitrogen and oxygen atoms in total. The summed E-state index contributed by atoms with van der Waals surface area (Å²) in [6, 6.07) is 3.09. The number of rotatable bonds is 8. The van der Waals surface area contributed by atoms with Crippen molar-refractivity contribution in [2.24, 2.45) is 5.73 Å². The molecule has 0 unspecified atom stereocenters. The van der Waals surface area contributed by atoms with Crippen molar-refractivity contribution in [1.82, 2.24) is 0 Å². The number of hydrogen-bond acceptors (Lipinski definition) is 9. The van der Waals surface area contributed by atoms with Gasteiger partial charge in [0.25, 0.3) is 0 Å². The molecule has 0 radical (unpaired) electrons. The number of nitrogens with zero attached hydrogens (tertiary/aromatic N) is 2. The lowest BCUT2D eigenvalue weighted by atomic mass is 10.0. The van der Waals surface area contributed by atoms with E-state index in [2.05, 4.69) is 6.58 Å². The lowest BCUT2D eigenvalue weighted by Gasteiger charge is -2.11. The van der Waals surface area contributed by atoms with Gasteiger partial charge in [0, 0.05) is 5.57 Å². The molecule has 0 aliphatic heterocycles. The Morgan fingerprint density at radius 2 is 1.68 bits per heavy atom. The third-order valence-corrected chi connectivity index (χ3v) is 3.45. The topological polar surface area (TPSA) is 227 Å². The molecule has 28 heavy (non-hydrogen) atoms. The number of carboxylic acids is 2. The number of aliphatic carboxylic acids is 2. The van der Waals surface area contributed by atoms with E-state index < -0.39 is 45.5 Å². The number of benzene rings is 1. The van der Waals surface area contributed by atoms with Crippen LogP contribution in [0.3, 0.4) is 0 Å². The molecule has 13 heteroatoms. The summed E-state index contributed by atoms with van der Waals surface area (Å²) in [5.74, 6) is -3.10. The molecule has 0 saturated heterocycles. The zero-order valence-electron chi connectivity index (χ0n) is 14.6. The summed E-state index contributed by atoms with van der Waals surface area (Å²) >= 11 is 0. The van der Waals surface area contributed by atoms with E-state index in [4.69, 9.17) is 26.2 Å².